The summed E-state index contributed by atoms with van der Waals surface area (Å²) < 4.78 is 27.1. The van der Waals surface area contributed by atoms with Crippen molar-refractivity contribution in [1.29, 1.82) is 0 Å². The minimum absolute atomic E-state index is 0.00479. The van der Waals surface area contributed by atoms with Crippen LogP contribution in [0.5, 0.6) is 5.75 Å². The average molecular weight is 366 g/mol. The maximum atomic E-state index is 11.4. The maximum absolute atomic E-state index is 11.4. The van der Waals surface area contributed by atoms with Gasteiger partial charge in [-0.1, -0.05) is 41.4 Å². The lowest BCUT2D eigenvalue weighted by Crippen LogP contribution is -2.08. The van der Waals surface area contributed by atoms with Crippen molar-refractivity contribution in [2.75, 3.05) is 0 Å². The zero-order valence-electron chi connectivity index (χ0n) is 7.51. The summed E-state index contributed by atoms with van der Waals surface area (Å²) in [4.78, 5) is 0. The van der Waals surface area contributed by atoms with Gasteiger partial charge in [-0.2, -0.15) is 8.42 Å². The smallest absolute Gasteiger partial charge is 0.345 e. The SMILES string of the molecule is C=C(Br)S(=O)(=O)Oc1c(Cl)cc(Cl)cc1Cl. The lowest BCUT2D eigenvalue weighted by Gasteiger charge is -2.09. The first-order valence-electron chi connectivity index (χ1n) is 3.67. The van der Waals surface area contributed by atoms with E-state index in [0.717, 1.165) is 0 Å². The fraction of sp³-hybridized carbons (Fsp3) is 0. The number of benzene rings is 1. The van der Waals surface area contributed by atoms with Gasteiger partial charge in [-0.25, -0.2) is 0 Å². The Bertz CT molecular complexity index is 518. The number of hydrogen-bond acceptors (Lipinski definition) is 3. The van der Waals surface area contributed by atoms with Crippen LogP contribution >= 0.6 is 50.7 Å². The first-order valence-corrected chi connectivity index (χ1v) is 7.01. The molecule has 0 aliphatic rings. The fourth-order valence-corrected chi connectivity index (χ4v) is 2.44. The first-order chi connectivity index (χ1) is 7.24. The van der Waals surface area contributed by atoms with Crippen LogP contribution in [0.25, 0.3) is 0 Å². The van der Waals surface area contributed by atoms with Crippen molar-refractivity contribution in [2.24, 2.45) is 0 Å². The molecule has 1 aromatic carbocycles. The Labute approximate surface area is 116 Å². The highest BCUT2D eigenvalue weighted by atomic mass is 79.9. The van der Waals surface area contributed by atoms with Crippen molar-refractivity contribution in [3.63, 3.8) is 0 Å². The number of rotatable bonds is 3. The van der Waals surface area contributed by atoms with Gasteiger partial charge in [0.25, 0.3) is 0 Å². The van der Waals surface area contributed by atoms with Crippen LogP contribution in [0, 0.1) is 0 Å². The van der Waals surface area contributed by atoms with Crippen LogP contribution in [0.2, 0.25) is 15.1 Å². The second kappa shape index (κ2) is 5.14. The van der Waals surface area contributed by atoms with Crippen LogP contribution in [0.3, 0.4) is 0 Å². The van der Waals surface area contributed by atoms with E-state index in [9.17, 15) is 8.42 Å². The van der Waals surface area contributed by atoms with Crippen molar-refractivity contribution in [2.45, 2.75) is 0 Å². The summed E-state index contributed by atoms with van der Waals surface area (Å²) in [5, 5.41) is 0.266. The summed E-state index contributed by atoms with van der Waals surface area (Å²) in [7, 11) is -4.00. The average Bonchev–Trinajstić information content (AvgIpc) is 2.11. The summed E-state index contributed by atoms with van der Waals surface area (Å²) in [6.07, 6.45) is 0. The molecule has 0 amide bonds. The normalized spacial score (nSPS) is 11.2. The van der Waals surface area contributed by atoms with E-state index in [1.165, 1.54) is 12.1 Å². The third-order valence-electron chi connectivity index (χ3n) is 1.43. The standard InChI is InChI=1S/C8H4BrCl3O3S/c1-4(9)16(13,14)15-8-6(11)2-5(10)3-7(8)12/h2-3H,1H2. The van der Waals surface area contributed by atoms with Crippen molar-refractivity contribution in [1.82, 2.24) is 0 Å². The molecule has 0 N–H and O–H groups in total. The third-order valence-corrected chi connectivity index (χ3v) is 4.33. The zero-order chi connectivity index (χ0) is 12.5. The van der Waals surface area contributed by atoms with Crippen molar-refractivity contribution in [3.8, 4) is 5.75 Å². The highest BCUT2D eigenvalue weighted by Gasteiger charge is 2.20. The topological polar surface area (TPSA) is 43.4 Å². The molecule has 0 fully saturated rings. The van der Waals surface area contributed by atoms with E-state index in [1.807, 2.05) is 0 Å². The molecule has 88 valence electrons. The van der Waals surface area contributed by atoms with Gasteiger partial charge in [0.05, 0.1) is 10.0 Å². The summed E-state index contributed by atoms with van der Waals surface area (Å²) in [6, 6.07) is 2.63. The minimum Gasteiger partial charge on any atom is -0.375 e. The predicted octanol–water partition coefficient (Wildman–Crippen LogP) is 4.22. The summed E-state index contributed by atoms with van der Waals surface area (Å²) >= 11 is 19.8. The largest absolute Gasteiger partial charge is 0.375 e. The quantitative estimate of drug-likeness (QED) is 0.752. The van der Waals surface area contributed by atoms with Crippen molar-refractivity contribution >= 4 is 60.9 Å². The van der Waals surface area contributed by atoms with Crippen molar-refractivity contribution < 1.29 is 12.6 Å². The molecule has 0 spiro atoms. The van der Waals surface area contributed by atoms with Gasteiger partial charge in [0, 0.05) is 5.02 Å². The molecular formula is C8H4BrCl3O3S. The van der Waals surface area contributed by atoms with Crippen LogP contribution in [-0.4, -0.2) is 8.42 Å². The van der Waals surface area contributed by atoms with E-state index in [4.69, 9.17) is 34.8 Å². The van der Waals surface area contributed by atoms with E-state index in [-0.39, 0.29) is 24.6 Å². The van der Waals surface area contributed by atoms with E-state index in [2.05, 4.69) is 26.7 Å². The maximum Gasteiger partial charge on any atom is 0.345 e. The monoisotopic (exact) mass is 364 g/mol. The van der Waals surface area contributed by atoms with Crippen molar-refractivity contribution in [3.05, 3.63) is 37.6 Å². The number of halogens is 4. The molecule has 16 heavy (non-hydrogen) atoms. The summed E-state index contributed by atoms with van der Waals surface area (Å²) in [6.45, 7) is 3.19. The lowest BCUT2D eigenvalue weighted by molar-refractivity contribution is 0.496. The molecule has 0 aromatic heterocycles. The van der Waals surface area contributed by atoms with Gasteiger partial charge in [-0.15, -0.1) is 0 Å². The molecule has 0 aliphatic heterocycles. The molecule has 0 saturated heterocycles. The Morgan fingerprint density at radius 1 is 1.25 bits per heavy atom. The number of hydrogen-bond donors (Lipinski definition) is 0. The van der Waals surface area contributed by atoms with Crippen LogP contribution < -0.4 is 4.18 Å². The van der Waals surface area contributed by atoms with Crippen LogP contribution in [0.1, 0.15) is 0 Å². The highest BCUT2D eigenvalue weighted by Crippen LogP contribution is 2.37. The summed E-state index contributed by atoms with van der Waals surface area (Å²) in [5.41, 5.74) is 0. The van der Waals surface area contributed by atoms with Crippen LogP contribution in [0.15, 0.2) is 22.5 Å². The molecule has 0 radical (unpaired) electrons. The zero-order valence-corrected chi connectivity index (χ0v) is 12.2. The second-order valence-corrected chi connectivity index (χ2v) is 6.89. The Balaban J connectivity index is 3.22. The summed E-state index contributed by atoms with van der Waals surface area (Å²) in [5.74, 6) is -0.187. The van der Waals surface area contributed by atoms with Gasteiger partial charge in [0.1, 0.15) is 3.81 Å². The molecule has 0 heterocycles. The minimum atomic E-state index is -4.00. The Morgan fingerprint density at radius 2 is 1.69 bits per heavy atom. The van der Waals surface area contributed by atoms with E-state index in [0.29, 0.717) is 0 Å². The van der Waals surface area contributed by atoms with Gasteiger partial charge in [-0.05, 0) is 28.1 Å². The van der Waals surface area contributed by atoms with Crippen LogP contribution in [-0.2, 0) is 10.1 Å². The van der Waals surface area contributed by atoms with Crippen LogP contribution in [0.4, 0.5) is 0 Å². The molecule has 0 aliphatic carbocycles. The van der Waals surface area contributed by atoms with Gasteiger partial charge in [0.15, 0.2) is 5.75 Å². The van der Waals surface area contributed by atoms with Gasteiger partial charge in [-0.3, -0.25) is 0 Å². The first kappa shape index (κ1) is 14.1. The lowest BCUT2D eigenvalue weighted by atomic mass is 10.3. The molecule has 0 saturated carbocycles. The van der Waals surface area contributed by atoms with E-state index >= 15 is 0 Å². The molecular weight excluding hydrogens is 362 g/mol. The highest BCUT2D eigenvalue weighted by molar-refractivity contribution is 9.13. The third kappa shape index (κ3) is 3.28. The molecule has 3 nitrogen and oxygen atoms in total. The molecule has 8 heteroatoms. The molecule has 0 bridgehead atoms. The fourth-order valence-electron chi connectivity index (χ4n) is 0.763. The van der Waals surface area contributed by atoms with Gasteiger partial charge >= 0.3 is 10.1 Å². The molecule has 1 rings (SSSR count). The second-order valence-electron chi connectivity index (χ2n) is 2.59. The predicted molar refractivity (Wildman–Crippen MR) is 69.1 cm³/mol. The van der Waals surface area contributed by atoms with E-state index in [1.54, 1.807) is 0 Å². The van der Waals surface area contributed by atoms with Gasteiger partial charge in [0.2, 0.25) is 0 Å². The Morgan fingerprint density at radius 3 is 2.06 bits per heavy atom. The molecule has 0 atom stereocenters. The van der Waals surface area contributed by atoms with E-state index < -0.39 is 10.1 Å². The Kier molecular flexibility index (Phi) is 4.54. The van der Waals surface area contributed by atoms with Gasteiger partial charge < -0.3 is 4.18 Å². The molecule has 1 aromatic rings. The Hall–Kier alpha value is 0.0600. The molecule has 0 unspecified atom stereocenters.